The molecule has 0 unspecified atom stereocenters. The Balaban J connectivity index is 1.00. The Kier molecular flexibility index (Phi) is 7.85. The first-order valence-corrected chi connectivity index (χ1v) is 18.4. The molecule has 0 N–H and O–H groups in total. The van der Waals surface area contributed by atoms with Gasteiger partial charge in [0.25, 0.3) is 0 Å². The zero-order chi connectivity index (χ0) is 35.8. The predicted octanol–water partition coefficient (Wildman–Crippen LogP) is 14.9. The van der Waals surface area contributed by atoms with E-state index in [9.17, 15) is 0 Å². The molecule has 0 radical (unpaired) electrons. The van der Waals surface area contributed by atoms with E-state index in [1.165, 1.54) is 44.2 Å². The van der Waals surface area contributed by atoms with Gasteiger partial charge >= 0.3 is 0 Å². The molecule has 0 aliphatic rings. The topological polar surface area (TPSA) is 16.4 Å². The van der Waals surface area contributed by atoms with Gasteiger partial charge in [-0.15, -0.1) is 0 Å². The number of hydrogen-bond acceptors (Lipinski definition) is 2. The van der Waals surface area contributed by atoms with Crippen molar-refractivity contribution in [1.82, 2.24) is 0 Å². The highest BCUT2D eigenvalue weighted by Gasteiger charge is 2.16. The van der Waals surface area contributed by atoms with E-state index in [0.717, 1.165) is 50.1 Å². The van der Waals surface area contributed by atoms with E-state index in [0.29, 0.717) is 0 Å². The number of hydrogen-bond donors (Lipinski definition) is 0. The molecule has 254 valence electrons. The Morgan fingerprint density at radius 3 is 1.57 bits per heavy atom. The molecule has 0 fully saturated rings. The summed E-state index contributed by atoms with van der Waals surface area (Å²) in [5.41, 5.74) is 14.5. The molecule has 9 aromatic carbocycles. The average Bonchev–Trinajstić information content (AvgIpc) is 3.64. The minimum Gasteiger partial charge on any atom is -0.455 e. The van der Waals surface area contributed by atoms with Crippen LogP contribution in [0, 0.1) is 0 Å². The largest absolute Gasteiger partial charge is 0.455 e. The number of anilines is 3. The summed E-state index contributed by atoms with van der Waals surface area (Å²) in [6.07, 6.45) is 0. The Hall–Kier alpha value is -7.16. The third-order valence-corrected chi connectivity index (χ3v) is 10.5. The second-order valence-electron chi connectivity index (χ2n) is 13.8. The Morgan fingerprint density at radius 1 is 0.296 bits per heavy atom. The van der Waals surface area contributed by atoms with Crippen LogP contribution < -0.4 is 4.90 Å². The normalized spacial score (nSPS) is 11.3. The van der Waals surface area contributed by atoms with Crippen LogP contribution in [0.3, 0.4) is 0 Å². The van der Waals surface area contributed by atoms with Gasteiger partial charge in [0, 0.05) is 33.4 Å². The number of rotatable bonds is 7. The molecule has 0 atom stereocenters. The van der Waals surface area contributed by atoms with Gasteiger partial charge in [-0.1, -0.05) is 164 Å². The summed E-state index contributed by atoms with van der Waals surface area (Å²) >= 11 is 0. The van der Waals surface area contributed by atoms with Crippen LogP contribution in [0.1, 0.15) is 0 Å². The fourth-order valence-electron chi connectivity index (χ4n) is 7.69. The fraction of sp³-hybridized carbons (Fsp3) is 0. The maximum absolute atomic E-state index is 6.39. The average molecular weight is 690 g/mol. The third kappa shape index (κ3) is 5.81. The van der Waals surface area contributed by atoms with Gasteiger partial charge in [0.15, 0.2) is 0 Å². The van der Waals surface area contributed by atoms with Gasteiger partial charge in [-0.25, -0.2) is 0 Å². The predicted molar refractivity (Wildman–Crippen MR) is 228 cm³/mol. The van der Waals surface area contributed by atoms with Crippen LogP contribution in [-0.2, 0) is 0 Å². The lowest BCUT2D eigenvalue weighted by molar-refractivity contribution is 0.670. The second kappa shape index (κ2) is 13.4. The first-order valence-electron chi connectivity index (χ1n) is 18.4. The summed E-state index contributed by atoms with van der Waals surface area (Å²) in [4.78, 5) is 2.34. The molecule has 0 amide bonds. The van der Waals surface area contributed by atoms with Crippen LogP contribution in [-0.4, -0.2) is 0 Å². The van der Waals surface area contributed by atoms with Gasteiger partial charge in [0.1, 0.15) is 11.2 Å². The van der Waals surface area contributed by atoms with Gasteiger partial charge in [0.05, 0.1) is 0 Å². The van der Waals surface area contributed by atoms with Crippen LogP contribution in [0.25, 0.3) is 77.2 Å². The maximum Gasteiger partial charge on any atom is 0.143 e. The van der Waals surface area contributed by atoms with Crippen molar-refractivity contribution in [1.29, 1.82) is 0 Å². The summed E-state index contributed by atoms with van der Waals surface area (Å²) < 4.78 is 6.39. The summed E-state index contributed by atoms with van der Waals surface area (Å²) in [6, 6.07) is 75.9. The first-order chi connectivity index (χ1) is 26.7. The van der Waals surface area contributed by atoms with Crippen molar-refractivity contribution in [2.75, 3.05) is 4.90 Å². The fourth-order valence-corrected chi connectivity index (χ4v) is 7.69. The lowest BCUT2D eigenvalue weighted by atomic mass is 9.98. The maximum atomic E-state index is 6.39. The van der Waals surface area contributed by atoms with Crippen molar-refractivity contribution in [3.8, 4) is 44.5 Å². The molecule has 0 saturated carbocycles. The van der Waals surface area contributed by atoms with Crippen LogP contribution in [0.4, 0.5) is 17.1 Å². The number of para-hydroxylation sites is 2. The molecule has 2 heteroatoms. The summed E-state index contributed by atoms with van der Waals surface area (Å²) in [5.74, 6) is 0. The smallest absolute Gasteiger partial charge is 0.143 e. The molecule has 0 saturated heterocycles. The number of benzene rings is 9. The Labute approximate surface area is 314 Å². The molecule has 1 aromatic heterocycles. The van der Waals surface area contributed by atoms with Crippen LogP contribution in [0.5, 0.6) is 0 Å². The highest BCUT2D eigenvalue weighted by atomic mass is 16.3. The van der Waals surface area contributed by atoms with Gasteiger partial charge in [0.2, 0.25) is 0 Å². The van der Waals surface area contributed by atoms with Crippen molar-refractivity contribution >= 4 is 49.8 Å². The number of furan rings is 1. The first kappa shape index (κ1) is 31.6. The number of fused-ring (bicyclic) bond motifs is 4. The molecule has 54 heavy (non-hydrogen) atoms. The molecule has 1 heterocycles. The van der Waals surface area contributed by atoms with Crippen molar-refractivity contribution in [3.05, 3.63) is 212 Å². The van der Waals surface area contributed by atoms with Gasteiger partial charge in [-0.2, -0.15) is 0 Å². The second-order valence-corrected chi connectivity index (χ2v) is 13.8. The minimum atomic E-state index is 0.908. The van der Waals surface area contributed by atoms with Crippen molar-refractivity contribution in [2.24, 2.45) is 0 Å². The van der Waals surface area contributed by atoms with Gasteiger partial charge in [-0.05, 0) is 98.2 Å². The quantitative estimate of drug-likeness (QED) is 0.166. The molecule has 2 nitrogen and oxygen atoms in total. The van der Waals surface area contributed by atoms with E-state index in [1.807, 2.05) is 12.1 Å². The molecule has 0 aliphatic heterocycles. The van der Waals surface area contributed by atoms with Crippen LogP contribution in [0.2, 0.25) is 0 Å². The van der Waals surface area contributed by atoms with Crippen molar-refractivity contribution < 1.29 is 4.42 Å². The lowest BCUT2D eigenvalue weighted by Crippen LogP contribution is -2.10. The summed E-state index contributed by atoms with van der Waals surface area (Å²) in [6.45, 7) is 0. The van der Waals surface area contributed by atoms with E-state index in [4.69, 9.17) is 4.42 Å². The summed E-state index contributed by atoms with van der Waals surface area (Å²) in [7, 11) is 0. The van der Waals surface area contributed by atoms with E-state index in [2.05, 4.69) is 205 Å². The van der Waals surface area contributed by atoms with E-state index in [-0.39, 0.29) is 0 Å². The van der Waals surface area contributed by atoms with Crippen molar-refractivity contribution in [2.45, 2.75) is 0 Å². The zero-order valence-corrected chi connectivity index (χ0v) is 29.6. The molecular weight excluding hydrogens is 655 g/mol. The van der Waals surface area contributed by atoms with E-state index in [1.54, 1.807) is 0 Å². The van der Waals surface area contributed by atoms with E-state index < -0.39 is 0 Å². The monoisotopic (exact) mass is 689 g/mol. The highest BCUT2D eigenvalue weighted by molar-refractivity contribution is 6.09. The molecule has 10 rings (SSSR count). The van der Waals surface area contributed by atoms with Crippen LogP contribution >= 0.6 is 0 Å². The SMILES string of the molecule is c1ccc(-c2cccc(N(c3ccc(-c4ccc(-c5ccc6ccccc6c5)cc4)cc3)c3ccc(-c4cccc5c4oc4ccccc45)cc3)c2)cc1. The highest BCUT2D eigenvalue weighted by Crippen LogP contribution is 2.40. The van der Waals surface area contributed by atoms with Gasteiger partial charge < -0.3 is 9.32 Å². The molecule has 0 bridgehead atoms. The molecular formula is C52H35NO. The third-order valence-electron chi connectivity index (χ3n) is 10.5. The molecule has 10 aromatic rings. The Bertz CT molecular complexity index is 2900. The molecule has 0 spiro atoms. The number of nitrogens with zero attached hydrogens (tertiary/aromatic N) is 1. The van der Waals surface area contributed by atoms with E-state index >= 15 is 0 Å². The standard InChI is InChI=1S/C52H35NO/c1-2-10-36(11-3-1)43-14-8-15-47(35-43)53(46-32-28-41(29-33-46)48-17-9-18-50-49-16-6-7-19-51(49)54-52(48)50)45-30-26-39(27-31-45)38-20-22-40(23-21-38)44-25-24-37-12-4-5-13-42(37)34-44/h1-35H. The van der Waals surface area contributed by atoms with Gasteiger partial charge in [-0.3, -0.25) is 0 Å². The molecule has 0 aliphatic carbocycles. The zero-order valence-electron chi connectivity index (χ0n) is 29.6. The van der Waals surface area contributed by atoms with Crippen molar-refractivity contribution in [3.63, 3.8) is 0 Å². The Morgan fingerprint density at radius 2 is 0.815 bits per heavy atom. The minimum absolute atomic E-state index is 0.908. The lowest BCUT2D eigenvalue weighted by Gasteiger charge is -2.26. The van der Waals surface area contributed by atoms with Crippen LogP contribution in [0.15, 0.2) is 217 Å². The summed E-state index contributed by atoms with van der Waals surface area (Å²) in [5, 5.41) is 4.79.